The van der Waals surface area contributed by atoms with Gasteiger partial charge in [0, 0.05) is 19.5 Å². The monoisotopic (exact) mass is 258 g/mol. The Morgan fingerprint density at radius 2 is 2.05 bits per heavy atom. The van der Waals surface area contributed by atoms with Gasteiger partial charge in [0.15, 0.2) is 0 Å². The molecule has 4 heteroatoms. The van der Waals surface area contributed by atoms with Crippen molar-refractivity contribution >= 4 is 11.8 Å². The topological polar surface area (TPSA) is 49.4 Å². The second kappa shape index (κ2) is 5.03. The minimum Gasteiger partial charge on any atom is -0.355 e. The van der Waals surface area contributed by atoms with Crippen LogP contribution in [0.2, 0.25) is 0 Å². The third kappa shape index (κ3) is 2.35. The maximum Gasteiger partial charge on any atom is 0.228 e. The maximum absolute atomic E-state index is 12.5. The molecule has 2 heterocycles. The first-order valence-corrected chi connectivity index (χ1v) is 6.88. The van der Waals surface area contributed by atoms with Crippen molar-refractivity contribution in [1.29, 1.82) is 0 Å². The van der Waals surface area contributed by atoms with E-state index in [0.717, 1.165) is 19.4 Å². The van der Waals surface area contributed by atoms with Crippen LogP contribution in [0.3, 0.4) is 0 Å². The second-order valence-corrected chi connectivity index (χ2v) is 5.31. The van der Waals surface area contributed by atoms with Gasteiger partial charge in [-0.15, -0.1) is 0 Å². The average molecular weight is 258 g/mol. The molecule has 0 bridgehead atoms. The summed E-state index contributed by atoms with van der Waals surface area (Å²) in [7, 11) is 0. The van der Waals surface area contributed by atoms with Crippen molar-refractivity contribution in [3.05, 3.63) is 35.9 Å². The molecule has 100 valence electrons. The summed E-state index contributed by atoms with van der Waals surface area (Å²) in [6.07, 6.45) is 2.40. The van der Waals surface area contributed by atoms with Gasteiger partial charge in [0.05, 0.1) is 12.0 Å². The molecule has 0 aliphatic carbocycles. The van der Waals surface area contributed by atoms with Gasteiger partial charge in [0.2, 0.25) is 11.8 Å². The number of hydrogen-bond acceptors (Lipinski definition) is 2. The zero-order valence-electron chi connectivity index (χ0n) is 10.8. The molecule has 19 heavy (non-hydrogen) atoms. The van der Waals surface area contributed by atoms with Crippen LogP contribution in [-0.4, -0.2) is 29.8 Å². The third-order valence-corrected chi connectivity index (χ3v) is 4.05. The summed E-state index contributed by atoms with van der Waals surface area (Å²) in [5, 5.41) is 2.74. The Morgan fingerprint density at radius 1 is 1.26 bits per heavy atom. The number of benzene rings is 1. The lowest BCUT2D eigenvalue weighted by Gasteiger charge is -2.27. The molecule has 2 fully saturated rings. The lowest BCUT2D eigenvalue weighted by Crippen LogP contribution is -2.36. The molecule has 0 radical (unpaired) electrons. The van der Waals surface area contributed by atoms with Crippen molar-refractivity contribution in [3.8, 4) is 0 Å². The highest BCUT2D eigenvalue weighted by atomic mass is 16.2. The third-order valence-electron chi connectivity index (χ3n) is 4.05. The van der Waals surface area contributed by atoms with Crippen LogP contribution in [0.1, 0.15) is 30.9 Å². The molecule has 0 aromatic heterocycles. The number of hydrogen-bond donors (Lipinski definition) is 1. The highest BCUT2D eigenvalue weighted by Gasteiger charge is 2.36. The van der Waals surface area contributed by atoms with Gasteiger partial charge in [0.1, 0.15) is 0 Å². The molecule has 0 spiro atoms. The Bertz CT molecular complexity index is 486. The molecule has 3 rings (SSSR count). The van der Waals surface area contributed by atoms with E-state index in [1.54, 1.807) is 0 Å². The van der Waals surface area contributed by atoms with Gasteiger partial charge in [0.25, 0.3) is 0 Å². The van der Waals surface area contributed by atoms with Crippen molar-refractivity contribution in [3.63, 3.8) is 0 Å². The van der Waals surface area contributed by atoms with E-state index in [1.165, 1.54) is 5.56 Å². The summed E-state index contributed by atoms with van der Waals surface area (Å²) in [5.41, 5.74) is 1.20. The van der Waals surface area contributed by atoms with E-state index >= 15 is 0 Å². The summed E-state index contributed by atoms with van der Waals surface area (Å²) in [5.74, 6) is -0.0460. The van der Waals surface area contributed by atoms with Gasteiger partial charge in [-0.1, -0.05) is 30.3 Å². The van der Waals surface area contributed by atoms with Crippen molar-refractivity contribution in [2.45, 2.75) is 25.3 Å². The summed E-state index contributed by atoms with van der Waals surface area (Å²) in [6.45, 7) is 1.30. The van der Waals surface area contributed by atoms with E-state index in [0.29, 0.717) is 13.0 Å². The fourth-order valence-electron chi connectivity index (χ4n) is 3.07. The van der Waals surface area contributed by atoms with Crippen molar-refractivity contribution in [2.24, 2.45) is 5.92 Å². The van der Waals surface area contributed by atoms with Crippen LogP contribution >= 0.6 is 0 Å². The Labute approximate surface area is 112 Å². The van der Waals surface area contributed by atoms with E-state index < -0.39 is 0 Å². The van der Waals surface area contributed by atoms with Crippen LogP contribution in [-0.2, 0) is 9.59 Å². The number of carbonyl (C=O) groups is 2. The van der Waals surface area contributed by atoms with E-state index in [1.807, 2.05) is 23.1 Å². The molecular weight excluding hydrogens is 240 g/mol. The Balaban J connectivity index is 1.76. The van der Waals surface area contributed by atoms with Gasteiger partial charge in [-0.3, -0.25) is 9.59 Å². The molecule has 4 nitrogen and oxygen atoms in total. The average Bonchev–Trinajstić information content (AvgIpc) is 3.07. The molecule has 0 saturated carbocycles. The standard InChI is InChI=1S/C15H18N2O2/c18-14-9-12(10-16-14)15(19)17-8-4-7-13(17)11-5-2-1-3-6-11/h1-3,5-6,12-13H,4,7-10H2,(H,16,18). The van der Waals surface area contributed by atoms with Crippen molar-refractivity contribution < 1.29 is 9.59 Å². The van der Waals surface area contributed by atoms with E-state index in [-0.39, 0.29) is 23.8 Å². The zero-order valence-corrected chi connectivity index (χ0v) is 10.8. The SMILES string of the molecule is O=C1CC(C(=O)N2CCCC2c2ccccc2)CN1. The largest absolute Gasteiger partial charge is 0.355 e. The molecule has 1 aromatic rings. The molecule has 2 unspecified atom stereocenters. The molecule has 2 aliphatic heterocycles. The number of nitrogens with one attached hydrogen (secondary N) is 1. The number of likely N-dealkylation sites (tertiary alicyclic amines) is 1. The summed E-state index contributed by atoms with van der Waals surface area (Å²) < 4.78 is 0. The molecule has 2 amide bonds. The molecule has 1 aromatic carbocycles. The van der Waals surface area contributed by atoms with E-state index in [9.17, 15) is 9.59 Å². The Morgan fingerprint density at radius 3 is 2.74 bits per heavy atom. The van der Waals surface area contributed by atoms with Crippen LogP contribution in [0.4, 0.5) is 0 Å². The van der Waals surface area contributed by atoms with Crippen LogP contribution in [0.5, 0.6) is 0 Å². The van der Waals surface area contributed by atoms with Gasteiger partial charge >= 0.3 is 0 Å². The molecule has 2 saturated heterocycles. The zero-order chi connectivity index (χ0) is 13.2. The van der Waals surface area contributed by atoms with E-state index in [2.05, 4.69) is 17.4 Å². The van der Waals surface area contributed by atoms with Gasteiger partial charge in [-0.05, 0) is 18.4 Å². The van der Waals surface area contributed by atoms with Crippen LogP contribution in [0, 0.1) is 5.92 Å². The Kier molecular flexibility index (Phi) is 3.23. The fraction of sp³-hybridized carbons (Fsp3) is 0.467. The van der Waals surface area contributed by atoms with Gasteiger partial charge < -0.3 is 10.2 Å². The summed E-state index contributed by atoms with van der Waals surface area (Å²) in [6, 6.07) is 10.4. The molecule has 1 N–H and O–H groups in total. The number of amides is 2. The minimum absolute atomic E-state index is 0.00573. The second-order valence-electron chi connectivity index (χ2n) is 5.31. The van der Waals surface area contributed by atoms with Crippen molar-refractivity contribution in [1.82, 2.24) is 10.2 Å². The fourth-order valence-corrected chi connectivity index (χ4v) is 3.07. The van der Waals surface area contributed by atoms with Crippen LogP contribution < -0.4 is 5.32 Å². The van der Waals surface area contributed by atoms with E-state index in [4.69, 9.17) is 0 Å². The highest BCUT2D eigenvalue weighted by molar-refractivity contribution is 5.89. The summed E-state index contributed by atoms with van der Waals surface area (Å²) >= 11 is 0. The molecule has 2 aliphatic rings. The quantitative estimate of drug-likeness (QED) is 0.873. The van der Waals surface area contributed by atoms with Crippen molar-refractivity contribution in [2.75, 3.05) is 13.1 Å². The smallest absolute Gasteiger partial charge is 0.228 e. The highest BCUT2D eigenvalue weighted by Crippen LogP contribution is 2.33. The Hall–Kier alpha value is -1.84. The minimum atomic E-state index is -0.170. The lowest BCUT2D eigenvalue weighted by atomic mass is 10.0. The molecular formula is C15H18N2O2. The lowest BCUT2D eigenvalue weighted by molar-refractivity contribution is -0.136. The first-order valence-electron chi connectivity index (χ1n) is 6.88. The first kappa shape index (κ1) is 12.2. The summed E-state index contributed by atoms with van der Waals surface area (Å²) in [4.78, 5) is 25.7. The number of nitrogens with zero attached hydrogens (tertiary/aromatic N) is 1. The predicted octanol–water partition coefficient (Wildman–Crippen LogP) is 1.49. The van der Waals surface area contributed by atoms with Gasteiger partial charge in [-0.25, -0.2) is 0 Å². The predicted molar refractivity (Wildman–Crippen MR) is 71.2 cm³/mol. The number of rotatable bonds is 2. The maximum atomic E-state index is 12.5. The molecule has 2 atom stereocenters. The van der Waals surface area contributed by atoms with Gasteiger partial charge in [-0.2, -0.15) is 0 Å². The normalized spacial score (nSPS) is 26.5. The first-order chi connectivity index (χ1) is 9.25. The van der Waals surface area contributed by atoms with Crippen LogP contribution in [0.15, 0.2) is 30.3 Å². The van der Waals surface area contributed by atoms with Crippen LogP contribution in [0.25, 0.3) is 0 Å². The number of carbonyl (C=O) groups excluding carboxylic acids is 2.